The maximum atomic E-state index is 13.0. The third kappa shape index (κ3) is 3.05. The molecule has 0 saturated carbocycles. The molecule has 9 nitrogen and oxygen atoms in total. The molecule has 0 unspecified atom stereocenters. The Labute approximate surface area is 179 Å². The van der Waals surface area contributed by atoms with Gasteiger partial charge in [0.25, 0.3) is 21.8 Å². The monoisotopic (exact) mass is 440 g/mol. The van der Waals surface area contributed by atoms with Crippen molar-refractivity contribution in [1.29, 1.82) is 0 Å². The number of carbonyl (C=O) groups excluding carboxylic acids is 3. The van der Waals surface area contributed by atoms with Crippen LogP contribution < -0.4 is 10.6 Å². The first kappa shape index (κ1) is 19.6. The fourth-order valence-corrected chi connectivity index (χ4v) is 5.96. The Morgan fingerprint density at radius 2 is 1.71 bits per heavy atom. The molecule has 1 spiro atoms. The van der Waals surface area contributed by atoms with E-state index in [9.17, 15) is 22.8 Å². The summed E-state index contributed by atoms with van der Waals surface area (Å²) >= 11 is 0. The highest BCUT2D eigenvalue weighted by Crippen LogP contribution is 2.32. The lowest BCUT2D eigenvalue weighted by molar-refractivity contribution is -0.133. The summed E-state index contributed by atoms with van der Waals surface area (Å²) in [7, 11) is -4.06. The number of likely N-dealkylation sites (tertiary alicyclic amines) is 1. The van der Waals surface area contributed by atoms with E-state index in [-0.39, 0.29) is 22.9 Å². The van der Waals surface area contributed by atoms with Crippen molar-refractivity contribution in [3.8, 4) is 0 Å². The second-order valence-electron chi connectivity index (χ2n) is 7.94. The smallest absolute Gasteiger partial charge is 0.269 e. The Kier molecular flexibility index (Phi) is 4.30. The van der Waals surface area contributed by atoms with Crippen LogP contribution in [0.3, 0.4) is 0 Å². The first-order chi connectivity index (χ1) is 14.8. The molecule has 0 bridgehead atoms. The van der Waals surface area contributed by atoms with Crippen LogP contribution in [0, 0.1) is 0 Å². The van der Waals surface area contributed by atoms with Gasteiger partial charge in [-0.25, -0.2) is 12.7 Å². The maximum absolute atomic E-state index is 13.0. The Balaban J connectivity index is 1.36. The van der Waals surface area contributed by atoms with Gasteiger partial charge in [0, 0.05) is 12.2 Å². The summed E-state index contributed by atoms with van der Waals surface area (Å²) in [6.45, 7) is 0.00615. The van der Waals surface area contributed by atoms with Crippen molar-refractivity contribution in [3.63, 3.8) is 0 Å². The number of nitrogens with one attached hydrogen (secondary N) is 2. The van der Waals surface area contributed by atoms with Gasteiger partial charge in [0.15, 0.2) is 0 Å². The molecule has 0 aromatic heterocycles. The normalized spacial score (nSPS) is 23.7. The minimum atomic E-state index is -4.06. The third-order valence-electron chi connectivity index (χ3n) is 5.93. The van der Waals surface area contributed by atoms with Crippen molar-refractivity contribution >= 4 is 33.4 Å². The Morgan fingerprint density at radius 3 is 2.48 bits per heavy atom. The zero-order valence-corrected chi connectivity index (χ0v) is 17.3. The minimum Gasteiger partial charge on any atom is -0.361 e. The molecule has 5 rings (SSSR count). The van der Waals surface area contributed by atoms with Crippen LogP contribution >= 0.6 is 0 Å². The van der Waals surface area contributed by atoms with Gasteiger partial charge in [0.1, 0.15) is 17.1 Å². The number of hydrogen-bond acceptors (Lipinski definition) is 6. The number of anilines is 1. The summed E-state index contributed by atoms with van der Waals surface area (Å²) in [6, 6.07) is 13.1. The number of para-hydroxylation sites is 1. The van der Waals surface area contributed by atoms with Crippen molar-refractivity contribution in [2.24, 2.45) is 0 Å². The molecule has 2 aromatic carbocycles. The van der Waals surface area contributed by atoms with E-state index >= 15 is 0 Å². The van der Waals surface area contributed by atoms with E-state index in [0.717, 1.165) is 0 Å². The number of sulfonamides is 1. The Morgan fingerprint density at radius 1 is 1.00 bits per heavy atom. The molecule has 1 fully saturated rings. The highest BCUT2D eigenvalue weighted by molar-refractivity contribution is 7.90. The van der Waals surface area contributed by atoms with Gasteiger partial charge in [-0.15, -0.1) is 0 Å². The van der Waals surface area contributed by atoms with Gasteiger partial charge >= 0.3 is 0 Å². The summed E-state index contributed by atoms with van der Waals surface area (Å²) in [4.78, 5) is 39.6. The zero-order valence-electron chi connectivity index (χ0n) is 16.5. The van der Waals surface area contributed by atoms with Crippen LogP contribution in [-0.2, 0) is 14.8 Å². The first-order valence-electron chi connectivity index (χ1n) is 9.94. The Hall–Kier alpha value is -3.40. The highest BCUT2D eigenvalue weighted by Gasteiger charge is 2.45. The summed E-state index contributed by atoms with van der Waals surface area (Å²) in [6.07, 6.45) is 1.23. The molecule has 160 valence electrons. The van der Waals surface area contributed by atoms with E-state index in [0.29, 0.717) is 34.9 Å². The van der Waals surface area contributed by atoms with Crippen LogP contribution in [0.1, 0.15) is 33.6 Å². The molecule has 1 atom stereocenters. The topological polar surface area (TPSA) is 116 Å². The van der Waals surface area contributed by atoms with Crippen LogP contribution in [0.2, 0.25) is 0 Å². The number of benzene rings is 2. The van der Waals surface area contributed by atoms with Crippen molar-refractivity contribution in [2.75, 3.05) is 25.0 Å². The van der Waals surface area contributed by atoms with Crippen LogP contribution in [0.4, 0.5) is 5.69 Å². The molecule has 2 N–H and O–H groups in total. The van der Waals surface area contributed by atoms with Crippen LogP contribution in [-0.4, -0.2) is 60.6 Å². The molecule has 1 saturated heterocycles. The second-order valence-corrected chi connectivity index (χ2v) is 9.77. The van der Waals surface area contributed by atoms with E-state index in [1.54, 1.807) is 24.3 Å². The summed E-state index contributed by atoms with van der Waals surface area (Å²) in [5.74, 6) is -1.41. The number of hydrogen-bond donors (Lipinski definition) is 2. The number of rotatable bonds is 2. The predicted octanol–water partition coefficient (Wildman–Crippen LogP) is 1.01. The van der Waals surface area contributed by atoms with Gasteiger partial charge in [-0.05, 0) is 37.1 Å². The Bertz CT molecular complexity index is 1230. The van der Waals surface area contributed by atoms with Gasteiger partial charge in [-0.1, -0.05) is 24.3 Å². The summed E-state index contributed by atoms with van der Waals surface area (Å²) in [5, 5.41) is 6.30. The third-order valence-corrected chi connectivity index (χ3v) is 7.72. The number of nitrogens with zero attached hydrogens (tertiary/aromatic N) is 2. The molecular formula is C21H20N4O5S. The van der Waals surface area contributed by atoms with Gasteiger partial charge < -0.3 is 15.5 Å². The van der Waals surface area contributed by atoms with E-state index < -0.39 is 34.0 Å². The van der Waals surface area contributed by atoms with Gasteiger partial charge in [-0.2, -0.15) is 0 Å². The minimum absolute atomic E-state index is 0.0724. The molecule has 3 aliphatic heterocycles. The van der Waals surface area contributed by atoms with Crippen molar-refractivity contribution in [2.45, 2.75) is 23.4 Å². The first-order valence-corrected chi connectivity index (χ1v) is 11.4. The number of piperidine rings is 1. The molecule has 0 aliphatic carbocycles. The van der Waals surface area contributed by atoms with Crippen LogP contribution in [0.15, 0.2) is 53.4 Å². The number of amides is 3. The van der Waals surface area contributed by atoms with Crippen molar-refractivity contribution < 1.29 is 22.8 Å². The molecular weight excluding hydrogens is 420 g/mol. The lowest BCUT2D eigenvalue weighted by Crippen LogP contribution is -2.66. The number of fused-ring (bicyclic) bond motifs is 2. The average molecular weight is 440 g/mol. The summed E-state index contributed by atoms with van der Waals surface area (Å²) < 4.78 is 26.1. The second kappa shape index (κ2) is 6.81. The summed E-state index contributed by atoms with van der Waals surface area (Å²) in [5.41, 5.74) is 0.454. The van der Waals surface area contributed by atoms with Gasteiger partial charge in [-0.3, -0.25) is 14.4 Å². The molecule has 10 heteroatoms. The SMILES string of the molecule is O=C1N[C@]2(CCCN(C(=O)CN3C(=O)c4ccccc4S3(=O)=O)C2)Nc2ccccc21. The fourth-order valence-electron chi connectivity index (χ4n) is 4.45. The average Bonchev–Trinajstić information content (AvgIpc) is 2.94. The van der Waals surface area contributed by atoms with Crippen LogP contribution in [0.5, 0.6) is 0 Å². The highest BCUT2D eigenvalue weighted by atomic mass is 32.2. The van der Waals surface area contributed by atoms with Crippen LogP contribution in [0.25, 0.3) is 0 Å². The molecule has 3 aliphatic rings. The van der Waals surface area contributed by atoms with E-state index in [2.05, 4.69) is 10.6 Å². The molecule has 3 amide bonds. The molecule has 31 heavy (non-hydrogen) atoms. The van der Waals surface area contributed by atoms with Gasteiger partial charge in [0.2, 0.25) is 5.91 Å². The zero-order chi connectivity index (χ0) is 21.8. The maximum Gasteiger partial charge on any atom is 0.269 e. The van der Waals surface area contributed by atoms with Crippen molar-refractivity contribution in [3.05, 3.63) is 59.7 Å². The predicted molar refractivity (Wildman–Crippen MR) is 111 cm³/mol. The largest absolute Gasteiger partial charge is 0.361 e. The lowest BCUT2D eigenvalue weighted by atomic mass is 9.93. The lowest BCUT2D eigenvalue weighted by Gasteiger charge is -2.46. The van der Waals surface area contributed by atoms with Crippen molar-refractivity contribution in [1.82, 2.24) is 14.5 Å². The van der Waals surface area contributed by atoms with Gasteiger partial charge in [0.05, 0.1) is 17.7 Å². The standard InChI is InChI=1S/C21H20N4O5S/c26-18(12-25-20(28)15-7-2-4-9-17(15)31(25,29)30)24-11-5-10-21(13-24)22-16-8-3-1-6-14(16)19(27)23-21/h1-4,6-9,22H,5,10-13H2,(H,23,27)/t21-/m0/s1. The van der Waals surface area contributed by atoms with E-state index in [1.807, 2.05) is 12.1 Å². The van der Waals surface area contributed by atoms with E-state index in [4.69, 9.17) is 0 Å². The van der Waals surface area contributed by atoms with E-state index in [1.165, 1.54) is 17.0 Å². The molecule has 3 heterocycles. The molecule has 2 aromatic rings. The molecule has 0 radical (unpaired) electrons. The quantitative estimate of drug-likeness (QED) is 0.720. The number of carbonyl (C=O) groups is 3. The fraction of sp³-hybridized carbons (Fsp3) is 0.286.